The molecule has 0 aliphatic heterocycles. The second-order valence-electron chi connectivity index (χ2n) is 7.93. The number of ether oxygens (including phenoxy) is 1. The molecule has 0 saturated heterocycles. The Kier molecular flexibility index (Phi) is 5.91. The Morgan fingerprint density at radius 3 is 2.61 bits per heavy atom. The van der Waals surface area contributed by atoms with Crippen LogP contribution in [0.15, 0.2) is 60.9 Å². The summed E-state index contributed by atoms with van der Waals surface area (Å²) in [5.41, 5.74) is 2.72. The largest absolute Gasteiger partial charge is 0.488 e. The minimum absolute atomic E-state index is 0.0727. The van der Waals surface area contributed by atoms with E-state index in [9.17, 15) is 9.90 Å². The van der Waals surface area contributed by atoms with Crippen LogP contribution in [0, 0.1) is 0 Å². The number of carbonyl (C=O) groups is 1. The van der Waals surface area contributed by atoms with Gasteiger partial charge >= 0.3 is 0 Å². The normalized spacial score (nSPS) is 12.4. The fraction of sp³-hybridized carbons (Fsp3) is 0.280. The van der Waals surface area contributed by atoms with Crippen molar-refractivity contribution in [1.82, 2.24) is 9.55 Å². The third kappa shape index (κ3) is 4.25. The van der Waals surface area contributed by atoms with Crippen molar-refractivity contribution in [3.63, 3.8) is 0 Å². The lowest BCUT2D eigenvalue weighted by molar-refractivity contribution is 0.102. The van der Waals surface area contributed by atoms with Gasteiger partial charge < -0.3 is 19.7 Å². The van der Waals surface area contributed by atoms with Gasteiger partial charge in [-0.25, -0.2) is 4.98 Å². The SMILES string of the molecule is CCC(CO)Oc1cc(NC(=O)c2ccc3ccccc3c2)c2ncn(C(C)C)c2c1. The summed E-state index contributed by atoms with van der Waals surface area (Å²) in [7, 11) is 0. The van der Waals surface area contributed by atoms with E-state index in [2.05, 4.69) is 24.1 Å². The number of fused-ring (bicyclic) bond motifs is 2. The molecule has 1 unspecified atom stereocenters. The predicted octanol–water partition coefficient (Wildman–Crippen LogP) is 5.17. The van der Waals surface area contributed by atoms with Gasteiger partial charge in [-0.3, -0.25) is 4.79 Å². The summed E-state index contributed by atoms with van der Waals surface area (Å²) < 4.78 is 8.00. The Bertz CT molecular complexity index is 1230. The van der Waals surface area contributed by atoms with Gasteiger partial charge in [-0.2, -0.15) is 0 Å². The molecule has 2 N–H and O–H groups in total. The molecule has 160 valence electrons. The van der Waals surface area contributed by atoms with Crippen LogP contribution in [0.4, 0.5) is 5.69 Å². The third-order valence-corrected chi connectivity index (χ3v) is 5.43. The van der Waals surface area contributed by atoms with Crippen molar-refractivity contribution < 1.29 is 14.6 Å². The maximum absolute atomic E-state index is 13.1. The quantitative estimate of drug-likeness (QED) is 0.435. The number of nitrogens with one attached hydrogen (secondary N) is 1. The van der Waals surface area contributed by atoms with Gasteiger partial charge in [-0.1, -0.05) is 37.3 Å². The minimum atomic E-state index is -0.308. The Morgan fingerprint density at radius 2 is 1.90 bits per heavy atom. The zero-order valence-electron chi connectivity index (χ0n) is 18.0. The second-order valence-corrected chi connectivity index (χ2v) is 7.93. The number of aliphatic hydroxyl groups excluding tert-OH is 1. The van der Waals surface area contributed by atoms with Crippen LogP contribution in [0.3, 0.4) is 0 Å². The average Bonchev–Trinajstić information content (AvgIpc) is 3.21. The van der Waals surface area contributed by atoms with Gasteiger partial charge in [0.1, 0.15) is 17.4 Å². The molecule has 1 heterocycles. The first-order chi connectivity index (χ1) is 15.0. The van der Waals surface area contributed by atoms with Gasteiger partial charge in [0, 0.05) is 23.7 Å². The lowest BCUT2D eigenvalue weighted by Crippen LogP contribution is -2.20. The van der Waals surface area contributed by atoms with E-state index in [-0.39, 0.29) is 24.7 Å². The number of benzene rings is 3. The van der Waals surface area contributed by atoms with Crippen molar-refractivity contribution in [2.75, 3.05) is 11.9 Å². The van der Waals surface area contributed by atoms with Crippen LogP contribution >= 0.6 is 0 Å². The van der Waals surface area contributed by atoms with Crippen molar-refractivity contribution in [1.29, 1.82) is 0 Å². The monoisotopic (exact) mass is 417 g/mol. The summed E-state index contributed by atoms with van der Waals surface area (Å²) in [6, 6.07) is 17.5. The van der Waals surface area contributed by atoms with E-state index in [1.54, 1.807) is 12.4 Å². The zero-order valence-corrected chi connectivity index (χ0v) is 18.0. The van der Waals surface area contributed by atoms with Gasteiger partial charge in [0.2, 0.25) is 0 Å². The zero-order chi connectivity index (χ0) is 22.0. The second kappa shape index (κ2) is 8.78. The molecule has 0 fully saturated rings. The molecule has 0 bridgehead atoms. The first kappa shape index (κ1) is 20.9. The Morgan fingerprint density at radius 1 is 1.13 bits per heavy atom. The van der Waals surface area contributed by atoms with Crippen molar-refractivity contribution >= 4 is 33.4 Å². The Labute approximate surface area is 181 Å². The van der Waals surface area contributed by atoms with Gasteiger partial charge in [0.25, 0.3) is 5.91 Å². The topological polar surface area (TPSA) is 76.4 Å². The summed E-state index contributed by atoms with van der Waals surface area (Å²) in [6.07, 6.45) is 2.14. The third-order valence-electron chi connectivity index (χ3n) is 5.43. The highest BCUT2D eigenvalue weighted by Crippen LogP contribution is 2.31. The van der Waals surface area contributed by atoms with Crippen LogP contribution in [0.5, 0.6) is 5.75 Å². The molecule has 0 radical (unpaired) electrons. The number of rotatable bonds is 7. The van der Waals surface area contributed by atoms with Gasteiger partial charge in [-0.15, -0.1) is 0 Å². The lowest BCUT2D eigenvalue weighted by atomic mass is 10.1. The number of imidazole rings is 1. The summed E-state index contributed by atoms with van der Waals surface area (Å²) in [4.78, 5) is 17.6. The van der Waals surface area contributed by atoms with E-state index in [1.807, 2.05) is 60.0 Å². The Balaban J connectivity index is 1.72. The van der Waals surface area contributed by atoms with E-state index < -0.39 is 0 Å². The van der Waals surface area contributed by atoms with Crippen molar-refractivity contribution in [2.24, 2.45) is 0 Å². The molecule has 0 saturated carbocycles. The van der Waals surface area contributed by atoms with E-state index in [0.29, 0.717) is 28.9 Å². The van der Waals surface area contributed by atoms with Gasteiger partial charge in [0.15, 0.2) is 0 Å². The van der Waals surface area contributed by atoms with Crippen LogP contribution in [-0.2, 0) is 0 Å². The van der Waals surface area contributed by atoms with Gasteiger partial charge in [0.05, 0.1) is 24.1 Å². The fourth-order valence-electron chi connectivity index (χ4n) is 3.65. The summed E-state index contributed by atoms with van der Waals surface area (Å²) >= 11 is 0. The number of amides is 1. The first-order valence-corrected chi connectivity index (χ1v) is 10.6. The van der Waals surface area contributed by atoms with E-state index in [4.69, 9.17) is 4.74 Å². The number of aliphatic hydroxyl groups is 1. The van der Waals surface area contributed by atoms with Crippen molar-refractivity contribution in [3.8, 4) is 5.75 Å². The number of carbonyl (C=O) groups excluding carboxylic acids is 1. The molecular weight excluding hydrogens is 390 g/mol. The molecule has 1 aromatic heterocycles. The number of aromatic nitrogens is 2. The van der Waals surface area contributed by atoms with E-state index in [0.717, 1.165) is 16.3 Å². The molecule has 0 aliphatic carbocycles. The highest BCUT2D eigenvalue weighted by molar-refractivity contribution is 6.09. The molecule has 1 amide bonds. The maximum Gasteiger partial charge on any atom is 0.255 e. The lowest BCUT2D eigenvalue weighted by Gasteiger charge is -2.17. The predicted molar refractivity (Wildman–Crippen MR) is 124 cm³/mol. The highest BCUT2D eigenvalue weighted by Gasteiger charge is 2.17. The average molecular weight is 418 g/mol. The molecule has 31 heavy (non-hydrogen) atoms. The first-order valence-electron chi connectivity index (χ1n) is 10.6. The number of nitrogens with zero attached hydrogens (tertiary/aromatic N) is 2. The maximum atomic E-state index is 13.1. The number of hydrogen-bond acceptors (Lipinski definition) is 4. The standard InChI is InChI=1S/C25H27N3O3/c1-4-20(14-29)31-21-12-22(24-23(13-21)28(15-26-24)16(2)3)27-25(30)19-10-9-17-7-5-6-8-18(17)11-19/h5-13,15-16,20,29H,4,14H2,1-3H3,(H,27,30). The van der Waals surface area contributed by atoms with Crippen LogP contribution in [-0.4, -0.2) is 33.3 Å². The molecule has 0 aliphatic rings. The number of anilines is 1. The van der Waals surface area contributed by atoms with E-state index in [1.165, 1.54) is 0 Å². The molecular formula is C25H27N3O3. The fourth-order valence-corrected chi connectivity index (χ4v) is 3.65. The minimum Gasteiger partial charge on any atom is -0.488 e. The van der Waals surface area contributed by atoms with Crippen LogP contribution in [0.1, 0.15) is 43.6 Å². The number of hydrogen-bond donors (Lipinski definition) is 2. The molecule has 0 spiro atoms. The molecule has 6 heteroatoms. The molecule has 3 aromatic carbocycles. The van der Waals surface area contributed by atoms with E-state index >= 15 is 0 Å². The smallest absolute Gasteiger partial charge is 0.255 e. The van der Waals surface area contributed by atoms with Crippen LogP contribution in [0.2, 0.25) is 0 Å². The highest BCUT2D eigenvalue weighted by atomic mass is 16.5. The molecule has 4 rings (SSSR count). The van der Waals surface area contributed by atoms with Crippen LogP contribution in [0.25, 0.3) is 21.8 Å². The Hall–Kier alpha value is -3.38. The molecule has 6 nitrogen and oxygen atoms in total. The van der Waals surface area contributed by atoms with Crippen molar-refractivity contribution in [2.45, 2.75) is 39.3 Å². The summed E-state index contributed by atoms with van der Waals surface area (Å²) in [6.45, 7) is 6.03. The van der Waals surface area contributed by atoms with Gasteiger partial charge in [-0.05, 0) is 43.2 Å². The molecule has 4 aromatic rings. The van der Waals surface area contributed by atoms with Crippen LogP contribution < -0.4 is 10.1 Å². The van der Waals surface area contributed by atoms with Crippen molar-refractivity contribution in [3.05, 3.63) is 66.5 Å². The molecule has 1 atom stereocenters. The summed E-state index contributed by atoms with van der Waals surface area (Å²) in [5.74, 6) is 0.377. The summed E-state index contributed by atoms with van der Waals surface area (Å²) in [5, 5.41) is 14.6.